The minimum absolute atomic E-state index is 0.0681. The van der Waals surface area contributed by atoms with Crippen LogP contribution in [0.1, 0.15) is 17.9 Å². The number of amides is 2. The summed E-state index contributed by atoms with van der Waals surface area (Å²) < 4.78 is 33.9. The number of carbonyl (C=O) groups is 1. The van der Waals surface area contributed by atoms with E-state index in [2.05, 4.69) is 20.9 Å². The lowest BCUT2D eigenvalue weighted by Gasteiger charge is -2.33. The molecule has 9 heteroatoms. The molecule has 0 bridgehead atoms. The van der Waals surface area contributed by atoms with E-state index in [0.29, 0.717) is 30.4 Å². The van der Waals surface area contributed by atoms with Crippen LogP contribution in [-0.2, 0) is 0 Å². The number of urea groups is 1. The van der Waals surface area contributed by atoms with E-state index in [1.54, 1.807) is 12.1 Å². The predicted molar refractivity (Wildman–Crippen MR) is 98.3 cm³/mol. The van der Waals surface area contributed by atoms with Crippen molar-refractivity contribution in [3.63, 3.8) is 0 Å². The van der Waals surface area contributed by atoms with Gasteiger partial charge < -0.3 is 20.7 Å². The second-order valence-corrected chi connectivity index (χ2v) is 6.57. The molecule has 2 heterocycles. The Bertz CT molecular complexity index is 797. The smallest absolute Gasteiger partial charge is 0.319 e. The van der Waals surface area contributed by atoms with Crippen LogP contribution in [-0.4, -0.2) is 37.3 Å². The fourth-order valence-corrected chi connectivity index (χ4v) is 3.26. The molecule has 144 valence electrons. The number of hydrogen-bond donors (Lipinski definition) is 3. The Balaban J connectivity index is 1.76. The number of pyridine rings is 1. The quantitative estimate of drug-likeness (QED) is 0.693. The molecule has 1 aromatic carbocycles. The van der Waals surface area contributed by atoms with E-state index in [9.17, 15) is 13.6 Å². The number of methoxy groups -OCH3 is 1. The Morgan fingerprint density at radius 2 is 2.07 bits per heavy atom. The maximum absolute atomic E-state index is 14.5. The topological polar surface area (TPSA) is 75.3 Å². The van der Waals surface area contributed by atoms with Crippen molar-refractivity contribution in [2.45, 2.75) is 18.4 Å². The van der Waals surface area contributed by atoms with E-state index in [4.69, 9.17) is 16.3 Å². The maximum atomic E-state index is 14.5. The zero-order valence-corrected chi connectivity index (χ0v) is 15.3. The molecule has 1 fully saturated rings. The van der Waals surface area contributed by atoms with Gasteiger partial charge in [-0.25, -0.2) is 18.6 Å². The van der Waals surface area contributed by atoms with Gasteiger partial charge in [-0.15, -0.1) is 0 Å². The zero-order valence-electron chi connectivity index (χ0n) is 14.6. The van der Waals surface area contributed by atoms with Crippen LogP contribution in [0.5, 0.6) is 5.75 Å². The highest BCUT2D eigenvalue weighted by molar-refractivity contribution is 6.29. The van der Waals surface area contributed by atoms with E-state index in [1.165, 1.54) is 13.3 Å². The van der Waals surface area contributed by atoms with Gasteiger partial charge in [0.25, 0.3) is 0 Å². The summed E-state index contributed by atoms with van der Waals surface area (Å²) in [6, 6.07) is 4.52. The number of piperidine rings is 1. The summed E-state index contributed by atoms with van der Waals surface area (Å²) in [4.78, 5) is 16.2. The summed E-state index contributed by atoms with van der Waals surface area (Å²) in [7, 11) is 1.34. The van der Waals surface area contributed by atoms with Gasteiger partial charge in [-0.05, 0) is 25.1 Å². The van der Waals surface area contributed by atoms with Gasteiger partial charge in [0.1, 0.15) is 22.5 Å². The van der Waals surface area contributed by atoms with E-state index in [-0.39, 0.29) is 11.3 Å². The number of nitrogens with one attached hydrogen (secondary N) is 3. The molecule has 1 aliphatic heterocycles. The number of benzene rings is 1. The minimum Gasteiger partial charge on any atom is -0.497 e. The number of carbonyl (C=O) groups excluding carboxylic acids is 1. The van der Waals surface area contributed by atoms with Crippen molar-refractivity contribution in [1.29, 1.82) is 0 Å². The van der Waals surface area contributed by atoms with Crippen LogP contribution in [0.3, 0.4) is 0 Å². The summed E-state index contributed by atoms with van der Waals surface area (Å²) in [5.41, 5.74) is 0.394. The Morgan fingerprint density at radius 3 is 2.70 bits per heavy atom. The molecule has 27 heavy (non-hydrogen) atoms. The van der Waals surface area contributed by atoms with Crippen LogP contribution >= 0.6 is 11.6 Å². The number of rotatable bonds is 4. The van der Waals surface area contributed by atoms with Crippen LogP contribution in [0.2, 0.25) is 5.15 Å². The van der Waals surface area contributed by atoms with Crippen molar-refractivity contribution < 1.29 is 18.3 Å². The van der Waals surface area contributed by atoms with E-state index in [0.717, 1.165) is 12.1 Å². The van der Waals surface area contributed by atoms with E-state index < -0.39 is 29.6 Å². The van der Waals surface area contributed by atoms with Crippen molar-refractivity contribution in [3.8, 4) is 5.75 Å². The molecule has 0 spiro atoms. The summed E-state index contributed by atoms with van der Waals surface area (Å²) in [5, 5.41) is 8.86. The lowest BCUT2D eigenvalue weighted by atomic mass is 9.86. The molecule has 0 radical (unpaired) electrons. The minimum atomic E-state index is -0.699. The van der Waals surface area contributed by atoms with Crippen molar-refractivity contribution in [1.82, 2.24) is 15.6 Å². The van der Waals surface area contributed by atoms with Crippen LogP contribution in [0.4, 0.5) is 19.3 Å². The third-order valence-electron chi connectivity index (χ3n) is 4.44. The van der Waals surface area contributed by atoms with Crippen molar-refractivity contribution in [2.75, 3.05) is 25.5 Å². The predicted octanol–water partition coefficient (Wildman–Crippen LogP) is 3.29. The van der Waals surface area contributed by atoms with Gasteiger partial charge in [0.05, 0.1) is 19.0 Å². The molecule has 0 aliphatic carbocycles. The normalized spacial score (nSPS) is 19.4. The number of anilines is 1. The van der Waals surface area contributed by atoms with Crippen LogP contribution in [0, 0.1) is 11.6 Å². The lowest BCUT2D eigenvalue weighted by Crippen LogP contribution is -2.49. The average Bonchev–Trinajstić information content (AvgIpc) is 2.64. The monoisotopic (exact) mass is 396 g/mol. The average molecular weight is 397 g/mol. The fourth-order valence-electron chi connectivity index (χ4n) is 3.15. The molecule has 1 unspecified atom stereocenters. The molecule has 1 saturated heterocycles. The highest BCUT2D eigenvalue weighted by atomic mass is 35.5. The second-order valence-electron chi connectivity index (χ2n) is 6.18. The fraction of sp³-hybridized carbons (Fsp3) is 0.333. The van der Waals surface area contributed by atoms with Crippen molar-refractivity contribution in [3.05, 3.63) is 52.8 Å². The van der Waals surface area contributed by atoms with Gasteiger partial charge in [-0.2, -0.15) is 0 Å². The van der Waals surface area contributed by atoms with Gasteiger partial charge >= 0.3 is 6.03 Å². The third kappa shape index (κ3) is 4.64. The van der Waals surface area contributed by atoms with Gasteiger partial charge in [0.15, 0.2) is 0 Å². The van der Waals surface area contributed by atoms with E-state index in [1.807, 2.05) is 0 Å². The molecule has 2 aromatic rings. The highest BCUT2D eigenvalue weighted by Crippen LogP contribution is 2.31. The van der Waals surface area contributed by atoms with Crippen molar-refractivity contribution >= 4 is 23.3 Å². The summed E-state index contributed by atoms with van der Waals surface area (Å²) in [6.45, 7) is 0.969. The standard InChI is InChI=1S/C18H19ClF2N4O2/c1-27-11-6-13(20)17(14(21)7-11)12-9-22-5-4-15(12)25-18(26)24-10-2-3-16(19)23-8-10/h2-3,6-8,12,15,22H,4-5,9H2,1H3,(H2,24,25,26)/t12?,15-/m1/s1. The Kier molecular flexibility index (Phi) is 6.08. The molecule has 3 rings (SSSR count). The molecule has 1 aliphatic rings. The molecular weight excluding hydrogens is 378 g/mol. The molecule has 0 saturated carbocycles. The summed E-state index contributed by atoms with van der Waals surface area (Å²) >= 11 is 5.72. The van der Waals surface area contributed by atoms with Gasteiger partial charge in [-0.1, -0.05) is 11.6 Å². The Morgan fingerprint density at radius 1 is 1.33 bits per heavy atom. The summed E-state index contributed by atoms with van der Waals surface area (Å²) in [5.74, 6) is -1.85. The lowest BCUT2D eigenvalue weighted by molar-refractivity contribution is 0.240. The molecular formula is C18H19ClF2N4O2. The van der Waals surface area contributed by atoms with Crippen LogP contribution in [0.15, 0.2) is 30.5 Å². The first kappa shape index (κ1) is 19.3. The van der Waals surface area contributed by atoms with Gasteiger partial charge in [0.2, 0.25) is 0 Å². The molecule has 2 amide bonds. The van der Waals surface area contributed by atoms with E-state index >= 15 is 0 Å². The maximum Gasteiger partial charge on any atom is 0.319 e. The first-order valence-corrected chi connectivity index (χ1v) is 8.78. The summed E-state index contributed by atoms with van der Waals surface area (Å²) in [6.07, 6.45) is 1.95. The zero-order chi connectivity index (χ0) is 19.4. The SMILES string of the molecule is COc1cc(F)c(C2CNCC[C@H]2NC(=O)Nc2ccc(Cl)nc2)c(F)c1. The molecule has 2 atom stereocenters. The van der Waals surface area contributed by atoms with Crippen molar-refractivity contribution in [2.24, 2.45) is 0 Å². The molecule has 6 nitrogen and oxygen atoms in total. The van der Waals surface area contributed by atoms with Gasteiger partial charge in [-0.3, -0.25) is 0 Å². The second kappa shape index (κ2) is 8.49. The highest BCUT2D eigenvalue weighted by Gasteiger charge is 2.32. The number of aromatic nitrogens is 1. The third-order valence-corrected chi connectivity index (χ3v) is 4.67. The molecule has 3 N–H and O–H groups in total. The molecule has 1 aromatic heterocycles. The first-order chi connectivity index (χ1) is 13.0. The number of halogens is 3. The number of ether oxygens (including phenoxy) is 1. The number of hydrogen-bond acceptors (Lipinski definition) is 4. The first-order valence-electron chi connectivity index (χ1n) is 8.40. The largest absolute Gasteiger partial charge is 0.497 e. The Hall–Kier alpha value is -2.45. The Labute approximate surface area is 160 Å². The van der Waals surface area contributed by atoms with Gasteiger partial charge in [0, 0.05) is 36.2 Å². The van der Waals surface area contributed by atoms with Crippen LogP contribution < -0.4 is 20.7 Å². The van der Waals surface area contributed by atoms with Crippen LogP contribution in [0.25, 0.3) is 0 Å². The number of nitrogens with zero attached hydrogens (tertiary/aromatic N) is 1.